The minimum Gasteiger partial charge on any atom is -0.489 e. The van der Waals surface area contributed by atoms with Crippen LogP contribution in [-0.4, -0.2) is 36.0 Å². The van der Waals surface area contributed by atoms with Crippen molar-refractivity contribution in [3.63, 3.8) is 0 Å². The van der Waals surface area contributed by atoms with Gasteiger partial charge in [0.2, 0.25) is 0 Å². The second-order valence-electron chi connectivity index (χ2n) is 6.75. The summed E-state index contributed by atoms with van der Waals surface area (Å²) in [5.41, 5.74) is 4.18. The molecule has 1 aliphatic heterocycles. The second kappa shape index (κ2) is 10.3. The Morgan fingerprint density at radius 2 is 1.75 bits per heavy atom. The van der Waals surface area contributed by atoms with Crippen LogP contribution in [0, 0.1) is 0 Å². The molecule has 6 heteroatoms. The van der Waals surface area contributed by atoms with Crippen LogP contribution in [-0.2, 0) is 16.2 Å². The summed E-state index contributed by atoms with van der Waals surface area (Å²) >= 11 is 0. The summed E-state index contributed by atoms with van der Waals surface area (Å²) in [5, 5.41) is 3.91. The van der Waals surface area contributed by atoms with E-state index in [9.17, 15) is 9.59 Å². The molecule has 0 unspecified atom stereocenters. The van der Waals surface area contributed by atoms with Crippen LogP contribution in [0.15, 0.2) is 59.7 Å². The molecule has 0 aromatic heterocycles. The third-order valence-corrected chi connectivity index (χ3v) is 4.57. The lowest BCUT2D eigenvalue weighted by atomic mass is 10.2. The first-order valence-electron chi connectivity index (χ1n) is 9.61. The van der Waals surface area contributed by atoms with Gasteiger partial charge in [0, 0.05) is 13.1 Å². The van der Waals surface area contributed by atoms with Gasteiger partial charge in [0.25, 0.3) is 0 Å². The topological polar surface area (TPSA) is 71.0 Å². The zero-order valence-corrected chi connectivity index (χ0v) is 15.8. The van der Waals surface area contributed by atoms with Crippen molar-refractivity contribution in [2.75, 3.05) is 13.1 Å². The molecule has 6 nitrogen and oxygen atoms in total. The zero-order valence-electron chi connectivity index (χ0n) is 15.8. The number of nitrogens with zero attached hydrogens (tertiary/aromatic N) is 2. The van der Waals surface area contributed by atoms with Crippen LogP contribution in [0.5, 0.6) is 5.75 Å². The second-order valence-corrected chi connectivity index (χ2v) is 6.75. The highest BCUT2D eigenvalue weighted by molar-refractivity contribution is 6.35. The molecule has 1 saturated heterocycles. The molecule has 146 valence electrons. The predicted octanol–water partition coefficient (Wildman–Crippen LogP) is 3.12. The van der Waals surface area contributed by atoms with Crippen LogP contribution < -0.4 is 10.2 Å². The average molecular weight is 379 g/mol. The maximum atomic E-state index is 12.2. The summed E-state index contributed by atoms with van der Waals surface area (Å²) in [4.78, 5) is 25.8. The van der Waals surface area contributed by atoms with Crippen LogP contribution in [0.2, 0.25) is 0 Å². The molecular formula is C22H25N3O3. The number of hydrazone groups is 1. The molecule has 28 heavy (non-hydrogen) atoms. The van der Waals surface area contributed by atoms with Gasteiger partial charge in [-0.2, -0.15) is 5.10 Å². The Morgan fingerprint density at radius 3 is 2.50 bits per heavy atom. The third-order valence-electron chi connectivity index (χ3n) is 4.57. The van der Waals surface area contributed by atoms with Crippen molar-refractivity contribution in [2.45, 2.75) is 32.3 Å². The molecule has 2 aromatic carbocycles. The van der Waals surface area contributed by atoms with Gasteiger partial charge in [-0.05, 0) is 36.1 Å². The molecule has 1 heterocycles. The Bertz CT molecular complexity index is 813. The van der Waals surface area contributed by atoms with E-state index in [1.807, 2.05) is 54.6 Å². The Morgan fingerprint density at radius 1 is 1.00 bits per heavy atom. The standard InChI is InChI=1S/C22H25N3O3/c26-21(22(27)25-13-6-1-2-7-14-25)24-23-16-19-11-8-12-20(15-19)28-17-18-9-4-3-5-10-18/h3-5,8-12,15-16H,1-2,6-7,13-14,17H2,(H,24,26)/b23-16+. The maximum absolute atomic E-state index is 12.2. The first-order valence-corrected chi connectivity index (χ1v) is 9.61. The molecule has 2 aromatic rings. The first kappa shape index (κ1) is 19.6. The summed E-state index contributed by atoms with van der Waals surface area (Å²) in [6.07, 6.45) is 5.59. The molecule has 1 N–H and O–H groups in total. The largest absolute Gasteiger partial charge is 0.489 e. The summed E-state index contributed by atoms with van der Waals surface area (Å²) < 4.78 is 5.78. The van der Waals surface area contributed by atoms with E-state index in [1.165, 1.54) is 6.21 Å². The van der Waals surface area contributed by atoms with Crippen LogP contribution in [0.25, 0.3) is 0 Å². The Kier molecular flexibility index (Phi) is 7.18. The van der Waals surface area contributed by atoms with Crippen molar-refractivity contribution in [3.05, 3.63) is 65.7 Å². The fourth-order valence-corrected chi connectivity index (χ4v) is 3.06. The number of hydrogen-bond acceptors (Lipinski definition) is 4. The van der Waals surface area contributed by atoms with E-state index >= 15 is 0 Å². The molecule has 0 atom stereocenters. The Balaban J connectivity index is 1.51. The molecule has 0 spiro atoms. The van der Waals surface area contributed by atoms with Gasteiger partial charge in [-0.1, -0.05) is 55.3 Å². The normalized spacial score (nSPS) is 14.5. The molecule has 0 saturated carbocycles. The Labute approximate surface area is 165 Å². The number of likely N-dealkylation sites (tertiary alicyclic amines) is 1. The van der Waals surface area contributed by atoms with Crippen molar-refractivity contribution in [3.8, 4) is 5.75 Å². The molecule has 0 aliphatic carbocycles. The molecule has 2 amide bonds. The van der Waals surface area contributed by atoms with Crippen molar-refractivity contribution in [1.82, 2.24) is 10.3 Å². The molecule has 3 rings (SSSR count). The monoisotopic (exact) mass is 379 g/mol. The van der Waals surface area contributed by atoms with Gasteiger partial charge in [0.15, 0.2) is 0 Å². The lowest BCUT2D eigenvalue weighted by molar-refractivity contribution is -0.145. The molecule has 0 radical (unpaired) electrons. The molecule has 1 fully saturated rings. The van der Waals surface area contributed by atoms with Crippen molar-refractivity contribution in [2.24, 2.45) is 5.10 Å². The van der Waals surface area contributed by atoms with Crippen LogP contribution in [0.3, 0.4) is 0 Å². The summed E-state index contributed by atoms with van der Waals surface area (Å²) in [5.74, 6) is -0.506. The van der Waals surface area contributed by atoms with Crippen molar-refractivity contribution in [1.29, 1.82) is 0 Å². The lowest BCUT2D eigenvalue weighted by Crippen LogP contribution is -2.41. The van der Waals surface area contributed by atoms with Gasteiger partial charge in [0.1, 0.15) is 12.4 Å². The number of hydrogen-bond donors (Lipinski definition) is 1. The zero-order chi connectivity index (χ0) is 19.6. The fourth-order valence-electron chi connectivity index (χ4n) is 3.06. The number of benzene rings is 2. The van der Waals surface area contributed by atoms with Crippen LogP contribution in [0.1, 0.15) is 36.8 Å². The van der Waals surface area contributed by atoms with E-state index in [0.29, 0.717) is 25.4 Å². The van der Waals surface area contributed by atoms with Crippen LogP contribution in [0.4, 0.5) is 0 Å². The quantitative estimate of drug-likeness (QED) is 0.493. The number of rotatable bonds is 5. The van der Waals surface area contributed by atoms with E-state index in [4.69, 9.17) is 4.74 Å². The highest BCUT2D eigenvalue weighted by atomic mass is 16.5. The highest BCUT2D eigenvalue weighted by Gasteiger charge is 2.22. The van der Waals surface area contributed by atoms with Gasteiger partial charge >= 0.3 is 11.8 Å². The highest BCUT2D eigenvalue weighted by Crippen LogP contribution is 2.14. The fraction of sp³-hybridized carbons (Fsp3) is 0.318. The van der Waals surface area contributed by atoms with E-state index in [0.717, 1.165) is 36.8 Å². The lowest BCUT2D eigenvalue weighted by Gasteiger charge is -2.18. The molecular weight excluding hydrogens is 354 g/mol. The molecule has 0 bridgehead atoms. The number of amides is 2. The molecule has 1 aliphatic rings. The van der Waals surface area contributed by atoms with E-state index in [2.05, 4.69) is 10.5 Å². The van der Waals surface area contributed by atoms with Gasteiger partial charge in [-0.3, -0.25) is 9.59 Å². The number of ether oxygens (including phenoxy) is 1. The minimum absolute atomic E-state index is 0.475. The predicted molar refractivity (Wildman–Crippen MR) is 108 cm³/mol. The smallest absolute Gasteiger partial charge is 0.329 e. The number of carbonyl (C=O) groups excluding carboxylic acids is 2. The van der Waals surface area contributed by atoms with Gasteiger partial charge in [0.05, 0.1) is 6.21 Å². The van der Waals surface area contributed by atoms with Gasteiger partial charge < -0.3 is 9.64 Å². The SMILES string of the molecule is O=C(N/N=C/c1cccc(OCc2ccccc2)c1)C(=O)N1CCCCCC1. The van der Waals surface area contributed by atoms with E-state index in [-0.39, 0.29) is 0 Å². The van der Waals surface area contributed by atoms with Crippen molar-refractivity contribution >= 4 is 18.0 Å². The Hall–Kier alpha value is -3.15. The summed E-state index contributed by atoms with van der Waals surface area (Å²) in [6.45, 7) is 1.75. The van der Waals surface area contributed by atoms with Gasteiger partial charge in [-0.15, -0.1) is 0 Å². The van der Waals surface area contributed by atoms with E-state index < -0.39 is 11.8 Å². The number of carbonyl (C=O) groups is 2. The van der Waals surface area contributed by atoms with Crippen LogP contribution >= 0.6 is 0 Å². The summed E-state index contributed by atoms with van der Waals surface area (Å²) in [7, 11) is 0. The summed E-state index contributed by atoms with van der Waals surface area (Å²) in [6, 6.07) is 17.3. The maximum Gasteiger partial charge on any atom is 0.329 e. The number of nitrogens with one attached hydrogen (secondary N) is 1. The van der Waals surface area contributed by atoms with Gasteiger partial charge in [-0.25, -0.2) is 5.43 Å². The average Bonchev–Trinajstić information content (AvgIpc) is 3.02. The van der Waals surface area contributed by atoms with E-state index in [1.54, 1.807) is 4.90 Å². The first-order chi connectivity index (χ1) is 13.7. The minimum atomic E-state index is -0.699. The third kappa shape index (κ3) is 5.94. The van der Waals surface area contributed by atoms with Crippen molar-refractivity contribution < 1.29 is 14.3 Å².